The fourth-order valence-electron chi connectivity index (χ4n) is 2.82. The Morgan fingerprint density at radius 1 is 0.966 bits per heavy atom. The lowest BCUT2D eigenvalue weighted by atomic mass is 10.2. The zero-order valence-corrected chi connectivity index (χ0v) is 17.0. The van der Waals surface area contributed by atoms with Crippen LogP contribution in [0, 0.1) is 6.92 Å². The predicted molar refractivity (Wildman–Crippen MR) is 113 cm³/mol. The van der Waals surface area contributed by atoms with Crippen molar-refractivity contribution in [3.63, 3.8) is 0 Å². The molecule has 3 rings (SSSR count). The van der Waals surface area contributed by atoms with Crippen LogP contribution in [0.1, 0.15) is 21.5 Å². The Labute approximate surface area is 170 Å². The van der Waals surface area contributed by atoms with Crippen molar-refractivity contribution in [2.75, 3.05) is 11.8 Å². The molecule has 0 heterocycles. The topological polar surface area (TPSA) is 84.5 Å². The molecule has 2 N–H and O–H groups in total. The Balaban J connectivity index is 1.76. The van der Waals surface area contributed by atoms with Gasteiger partial charge in [0.25, 0.3) is 15.9 Å². The average Bonchev–Trinajstić information content (AvgIpc) is 2.74. The summed E-state index contributed by atoms with van der Waals surface area (Å²) in [4.78, 5) is 12.6. The first-order chi connectivity index (χ1) is 13.9. The number of ether oxygens (including phenoxy) is 1. The van der Waals surface area contributed by atoms with E-state index in [0.29, 0.717) is 11.4 Å². The van der Waals surface area contributed by atoms with Gasteiger partial charge in [-0.1, -0.05) is 42.5 Å². The molecule has 7 heteroatoms. The van der Waals surface area contributed by atoms with E-state index in [-0.39, 0.29) is 22.9 Å². The van der Waals surface area contributed by atoms with E-state index in [1.807, 2.05) is 43.3 Å². The number of carbonyl (C=O) groups excluding carboxylic acids is 1. The molecule has 0 saturated heterocycles. The molecule has 0 spiro atoms. The summed E-state index contributed by atoms with van der Waals surface area (Å²) in [6.45, 7) is 2.08. The van der Waals surface area contributed by atoms with Crippen molar-refractivity contribution in [3.8, 4) is 5.75 Å². The van der Waals surface area contributed by atoms with Crippen LogP contribution >= 0.6 is 0 Å². The van der Waals surface area contributed by atoms with Gasteiger partial charge < -0.3 is 10.1 Å². The quantitative estimate of drug-likeness (QED) is 0.622. The molecular weight excluding hydrogens is 388 g/mol. The smallest absolute Gasteiger partial charge is 0.261 e. The maximum Gasteiger partial charge on any atom is 0.261 e. The van der Waals surface area contributed by atoms with Crippen LogP contribution in [-0.4, -0.2) is 21.4 Å². The van der Waals surface area contributed by atoms with Gasteiger partial charge >= 0.3 is 0 Å². The number of carbonyl (C=O) groups is 1. The van der Waals surface area contributed by atoms with Gasteiger partial charge in [-0.2, -0.15) is 0 Å². The van der Waals surface area contributed by atoms with Gasteiger partial charge in [0, 0.05) is 17.7 Å². The third-order valence-corrected chi connectivity index (χ3v) is 5.79. The molecule has 0 saturated carbocycles. The molecule has 150 valence electrons. The minimum absolute atomic E-state index is 0.0192. The zero-order chi connectivity index (χ0) is 20.9. The molecular formula is C22H22N2O4S. The standard InChI is InChI=1S/C22H22N2O4S/c1-16-8-3-5-12-20(16)24-29(26,27)19-11-7-10-17(14-19)22(25)23-15-18-9-4-6-13-21(18)28-2/h3-14,24H,15H2,1-2H3,(H,23,25). The Morgan fingerprint density at radius 2 is 1.69 bits per heavy atom. The first-order valence-electron chi connectivity index (χ1n) is 8.99. The van der Waals surface area contributed by atoms with Gasteiger partial charge in [-0.05, 0) is 42.8 Å². The molecule has 0 aliphatic heterocycles. The van der Waals surface area contributed by atoms with E-state index < -0.39 is 10.0 Å². The van der Waals surface area contributed by atoms with Crippen LogP contribution in [0.2, 0.25) is 0 Å². The third kappa shape index (κ3) is 4.94. The van der Waals surface area contributed by atoms with Gasteiger partial charge in [0.2, 0.25) is 0 Å². The SMILES string of the molecule is COc1ccccc1CNC(=O)c1cccc(S(=O)(=O)Nc2ccccc2C)c1. The number of aryl methyl sites for hydroxylation is 1. The summed E-state index contributed by atoms with van der Waals surface area (Å²) in [6.07, 6.45) is 0. The van der Waals surface area contributed by atoms with Crippen molar-refractivity contribution in [3.05, 3.63) is 89.5 Å². The maximum atomic E-state index is 12.7. The number of benzene rings is 3. The third-order valence-electron chi connectivity index (χ3n) is 4.43. The largest absolute Gasteiger partial charge is 0.496 e. The van der Waals surface area contributed by atoms with Crippen molar-refractivity contribution < 1.29 is 17.9 Å². The monoisotopic (exact) mass is 410 g/mol. The highest BCUT2D eigenvalue weighted by Gasteiger charge is 2.17. The van der Waals surface area contributed by atoms with Crippen molar-refractivity contribution in [1.29, 1.82) is 0 Å². The number of nitrogens with one attached hydrogen (secondary N) is 2. The lowest BCUT2D eigenvalue weighted by molar-refractivity contribution is 0.0950. The molecule has 6 nitrogen and oxygen atoms in total. The Kier molecular flexibility index (Phi) is 6.19. The second-order valence-electron chi connectivity index (χ2n) is 6.44. The molecule has 3 aromatic rings. The number of amides is 1. The number of para-hydroxylation sites is 2. The van der Waals surface area contributed by atoms with Gasteiger partial charge in [0.1, 0.15) is 5.75 Å². The van der Waals surface area contributed by atoms with Crippen LogP contribution in [0.5, 0.6) is 5.75 Å². The minimum atomic E-state index is -3.82. The molecule has 0 bridgehead atoms. The van der Waals surface area contributed by atoms with Crippen LogP contribution in [-0.2, 0) is 16.6 Å². The molecule has 0 aliphatic carbocycles. The second kappa shape index (κ2) is 8.79. The highest BCUT2D eigenvalue weighted by atomic mass is 32.2. The van der Waals surface area contributed by atoms with E-state index in [4.69, 9.17) is 4.74 Å². The number of hydrogen-bond donors (Lipinski definition) is 2. The molecule has 29 heavy (non-hydrogen) atoms. The Hall–Kier alpha value is -3.32. The van der Waals surface area contributed by atoms with E-state index in [2.05, 4.69) is 10.0 Å². The first-order valence-corrected chi connectivity index (χ1v) is 10.5. The van der Waals surface area contributed by atoms with Gasteiger partial charge in [-0.25, -0.2) is 8.42 Å². The van der Waals surface area contributed by atoms with Crippen LogP contribution in [0.4, 0.5) is 5.69 Å². The summed E-state index contributed by atoms with van der Waals surface area (Å²) in [6, 6.07) is 20.4. The minimum Gasteiger partial charge on any atom is -0.496 e. The molecule has 0 aromatic heterocycles. The predicted octanol–water partition coefficient (Wildman–Crippen LogP) is 3.73. The van der Waals surface area contributed by atoms with Crippen molar-refractivity contribution >= 4 is 21.6 Å². The molecule has 0 radical (unpaired) electrons. The van der Waals surface area contributed by atoms with Crippen LogP contribution in [0.25, 0.3) is 0 Å². The molecule has 1 amide bonds. The fraction of sp³-hybridized carbons (Fsp3) is 0.136. The molecule has 3 aromatic carbocycles. The number of anilines is 1. The number of sulfonamides is 1. The lowest BCUT2D eigenvalue weighted by Gasteiger charge is -2.12. The summed E-state index contributed by atoms with van der Waals surface area (Å²) < 4.78 is 33.3. The Morgan fingerprint density at radius 3 is 2.45 bits per heavy atom. The number of hydrogen-bond acceptors (Lipinski definition) is 4. The van der Waals surface area contributed by atoms with Gasteiger partial charge in [-0.3, -0.25) is 9.52 Å². The summed E-state index contributed by atoms with van der Waals surface area (Å²) in [7, 11) is -2.25. The van der Waals surface area contributed by atoms with Crippen molar-refractivity contribution in [2.24, 2.45) is 0 Å². The van der Waals surface area contributed by atoms with Crippen LogP contribution < -0.4 is 14.8 Å². The van der Waals surface area contributed by atoms with Crippen LogP contribution in [0.3, 0.4) is 0 Å². The summed E-state index contributed by atoms with van der Waals surface area (Å²) in [5.74, 6) is 0.301. The lowest BCUT2D eigenvalue weighted by Crippen LogP contribution is -2.23. The first kappa shape index (κ1) is 20.4. The summed E-state index contributed by atoms with van der Waals surface area (Å²) in [5.41, 5.74) is 2.39. The van der Waals surface area contributed by atoms with Gasteiger partial charge in [-0.15, -0.1) is 0 Å². The highest BCUT2D eigenvalue weighted by molar-refractivity contribution is 7.92. The normalized spacial score (nSPS) is 11.0. The van der Waals surface area contributed by atoms with Gasteiger partial charge in [0.15, 0.2) is 0 Å². The fourth-order valence-corrected chi connectivity index (χ4v) is 4.00. The second-order valence-corrected chi connectivity index (χ2v) is 8.13. The molecule has 0 aliphatic rings. The van der Waals surface area contributed by atoms with E-state index in [0.717, 1.165) is 11.1 Å². The van der Waals surface area contributed by atoms with Crippen molar-refractivity contribution in [1.82, 2.24) is 5.32 Å². The maximum absolute atomic E-state index is 12.7. The van der Waals surface area contributed by atoms with E-state index in [1.54, 1.807) is 31.4 Å². The van der Waals surface area contributed by atoms with Gasteiger partial charge in [0.05, 0.1) is 17.7 Å². The summed E-state index contributed by atoms with van der Waals surface area (Å²) in [5, 5.41) is 2.79. The molecule has 0 fully saturated rings. The number of rotatable bonds is 7. The molecule has 0 atom stereocenters. The zero-order valence-electron chi connectivity index (χ0n) is 16.2. The highest BCUT2D eigenvalue weighted by Crippen LogP contribution is 2.20. The summed E-state index contributed by atoms with van der Waals surface area (Å²) >= 11 is 0. The molecule has 0 unspecified atom stereocenters. The van der Waals surface area contributed by atoms with Crippen molar-refractivity contribution in [2.45, 2.75) is 18.4 Å². The Bertz CT molecular complexity index is 1130. The van der Waals surface area contributed by atoms with E-state index in [1.165, 1.54) is 12.1 Å². The van der Waals surface area contributed by atoms with E-state index in [9.17, 15) is 13.2 Å². The number of methoxy groups -OCH3 is 1. The average molecular weight is 410 g/mol. The van der Waals surface area contributed by atoms with E-state index >= 15 is 0 Å². The van der Waals surface area contributed by atoms with Crippen LogP contribution in [0.15, 0.2) is 77.7 Å².